The summed E-state index contributed by atoms with van der Waals surface area (Å²) >= 11 is 0. The van der Waals surface area contributed by atoms with Gasteiger partial charge in [-0.05, 0) is 19.1 Å². The Morgan fingerprint density at radius 3 is 2.79 bits per heavy atom. The molecule has 0 saturated heterocycles. The Balaban J connectivity index is 2.34. The van der Waals surface area contributed by atoms with Crippen LogP contribution >= 0.6 is 0 Å². The van der Waals surface area contributed by atoms with E-state index in [9.17, 15) is 0 Å². The number of aromatic nitrogens is 4. The number of aliphatic hydroxyl groups is 1. The molecule has 0 radical (unpaired) electrons. The minimum atomic E-state index is -0.247. The molecule has 0 amide bonds. The van der Waals surface area contributed by atoms with Crippen molar-refractivity contribution >= 4 is 0 Å². The van der Waals surface area contributed by atoms with Gasteiger partial charge in [-0.15, -0.1) is 5.10 Å². The molecule has 0 aliphatic carbocycles. The Morgan fingerprint density at radius 2 is 2.21 bits per heavy atom. The molecule has 0 aliphatic rings. The standard InChI is InChI=1S/C8H8N4O2/c1-5-2-3-6(11-10-5)8-9-7(4-13)12-14-8/h2-3,13H,4H2,1H3. The van der Waals surface area contributed by atoms with Crippen LogP contribution in [0.2, 0.25) is 0 Å². The van der Waals surface area contributed by atoms with Gasteiger partial charge in [0.1, 0.15) is 6.61 Å². The summed E-state index contributed by atoms with van der Waals surface area (Å²) < 4.78 is 4.86. The highest BCUT2D eigenvalue weighted by molar-refractivity contribution is 5.44. The first-order valence-corrected chi connectivity index (χ1v) is 4.04. The molecule has 1 N–H and O–H groups in total. The van der Waals surface area contributed by atoms with Crippen LogP contribution in [0.4, 0.5) is 0 Å². The Hall–Kier alpha value is -1.82. The van der Waals surface area contributed by atoms with Crippen LogP contribution in [0.5, 0.6) is 0 Å². The number of hydrogen-bond donors (Lipinski definition) is 1. The number of rotatable bonds is 2. The third-order valence-corrected chi connectivity index (χ3v) is 1.63. The van der Waals surface area contributed by atoms with Crippen LogP contribution in [0, 0.1) is 6.92 Å². The summed E-state index contributed by atoms with van der Waals surface area (Å²) in [4.78, 5) is 3.90. The zero-order chi connectivity index (χ0) is 9.97. The molecule has 0 bridgehead atoms. The van der Waals surface area contributed by atoms with E-state index in [4.69, 9.17) is 9.63 Å². The van der Waals surface area contributed by atoms with Crippen LogP contribution in [0.15, 0.2) is 16.7 Å². The molecular weight excluding hydrogens is 184 g/mol. The van der Waals surface area contributed by atoms with Gasteiger partial charge in [-0.2, -0.15) is 10.1 Å². The maximum absolute atomic E-state index is 8.72. The van der Waals surface area contributed by atoms with E-state index in [1.165, 1.54) is 0 Å². The molecule has 2 heterocycles. The smallest absolute Gasteiger partial charge is 0.278 e. The molecule has 6 heteroatoms. The SMILES string of the molecule is Cc1ccc(-c2nc(CO)no2)nn1. The first-order valence-electron chi connectivity index (χ1n) is 4.04. The highest BCUT2D eigenvalue weighted by Gasteiger charge is 2.09. The van der Waals surface area contributed by atoms with Gasteiger partial charge in [0.05, 0.1) is 5.69 Å². The summed E-state index contributed by atoms with van der Waals surface area (Å²) in [5, 5.41) is 20.0. The van der Waals surface area contributed by atoms with Crippen LogP contribution < -0.4 is 0 Å². The Labute approximate surface area is 79.6 Å². The predicted octanol–water partition coefficient (Wildman–Crippen LogP) is 0.327. The fourth-order valence-electron chi connectivity index (χ4n) is 0.935. The van der Waals surface area contributed by atoms with Crippen LogP contribution in [0.1, 0.15) is 11.5 Å². The van der Waals surface area contributed by atoms with Crippen molar-refractivity contribution in [2.45, 2.75) is 13.5 Å². The molecular formula is C8H8N4O2. The third-order valence-electron chi connectivity index (χ3n) is 1.63. The number of aryl methyl sites for hydroxylation is 1. The first kappa shape index (κ1) is 8.76. The van der Waals surface area contributed by atoms with Crippen molar-refractivity contribution in [3.05, 3.63) is 23.7 Å². The van der Waals surface area contributed by atoms with E-state index in [1.807, 2.05) is 6.92 Å². The highest BCUT2D eigenvalue weighted by Crippen LogP contribution is 2.12. The molecule has 0 saturated carbocycles. The molecule has 14 heavy (non-hydrogen) atoms. The van der Waals surface area contributed by atoms with Gasteiger partial charge < -0.3 is 9.63 Å². The number of aliphatic hydroxyl groups excluding tert-OH is 1. The second-order valence-corrected chi connectivity index (χ2v) is 2.73. The Bertz CT molecular complexity index is 423. The average Bonchev–Trinajstić information content (AvgIpc) is 2.67. The number of hydrogen-bond acceptors (Lipinski definition) is 6. The van der Waals surface area contributed by atoms with Crippen molar-refractivity contribution in [1.29, 1.82) is 0 Å². The van der Waals surface area contributed by atoms with Crippen molar-refractivity contribution < 1.29 is 9.63 Å². The molecule has 0 atom stereocenters. The summed E-state index contributed by atoms with van der Waals surface area (Å²) in [7, 11) is 0. The fourth-order valence-corrected chi connectivity index (χ4v) is 0.935. The molecule has 0 fully saturated rings. The lowest BCUT2D eigenvalue weighted by Gasteiger charge is -1.91. The second kappa shape index (κ2) is 3.51. The van der Waals surface area contributed by atoms with Gasteiger partial charge in [0.2, 0.25) is 0 Å². The first-order chi connectivity index (χ1) is 6.79. The molecule has 6 nitrogen and oxygen atoms in total. The molecule has 72 valence electrons. The van der Waals surface area contributed by atoms with E-state index >= 15 is 0 Å². The van der Waals surface area contributed by atoms with Crippen LogP contribution in [-0.4, -0.2) is 25.4 Å². The fraction of sp³-hybridized carbons (Fsp3) is 0.250. The van der Waals surface area contributed by atoms with Crippen LogP contribution in [0.25, 0.3) is 11.6 Å². The molecule has 2 aromatic rings. The van der Waals surface area contributed by atoms with Gasteiger partial charge in [-0.25, -0.2) is 0 Å². The van der Waals surface area contributed by atoms with Gasteiger partial charge in [0, 0.05) is 0 Å². The molecule has 0 aromatic carbocycles. The predicted molar refractivity (Wildman–Crippen MR) is 46.0 cm³/mol. The molecule has 2 aromatic heterocycles. The van der Waals surface area contributed by atoms with Gasteiger partial charge in [0.15, 0.2) is 11.5 Å². The van der Waals surface area contributed by atoms with E-state index in [0.29, 0.717) is 5.69 Å². The van der Waals surface area contributed by atoms with Gasteiger partial charge >= 0.3 is 0 Å². The normalized spacial score (nSPS) is 10.4. The van der Waals surface area contributed by atoms with Crippen molar-refractivity contribution in [3.8, 4) is 11.6 Å². The lowest BCUT2D eigenvalue weighted by Crippen LogP contribution is -1.90. The average molecular weight is 192 g/mol. The summed E-state index contributed by atoms with van der Waals surface area (Å²) in [5.74, 6) is 0.504. The van der Waals surface area contributed by atoms with Crippen molar-refractivity contribution in [2.24, 2.45) is 0 Å². The summed E-state index contributed by atoms with van der Waals surface area (Å²) in [6.07, 6.45) is 0. The van der Waals surface area contributed by atoms with Crippen molar-refractivity contribution in [1.82, 2.24) is 20.3 Å². The van der Waals surface area contributed by atoms with Crippen molar-refractivity contribution in [2.75, 3.05) is 0 Å². The zero-order valence-corrected chi connectivity index (χ0v) is 7.51. The summed E-state index contributed by atoms with van der Waals surface area (Å²) in [6, 6.07) is 3.53. The molecule has 0 unspecified atom stereocenters. The monoisotopic (exact) mass is 192 g/mol. The van der Waals surface area contributed by atoms with E-state index in [2.05, 4.69) is 20.3 Å². The van der Waals surface area contributed by atoms with Crippen molar-refractivity contribution in [3.63, 3.8) is 0 Å². The second-order valence-electron chi connectivity index (χ2n) is 2.73. The third kappa shape index (κ3) is 1.60. The van der Waals surface area contributed by atoms with Crippen LogP contribution in [0.3, 0.4) is 0 Å². The number of nitrogens with zero attached hydrogens (tertiary/aromatic N) is 4. The van der Waals surface area contributed by atoms with E-state index in [0.717, 1.165) is 5.69 Å². The largest absolute Gasteiger partial charge is 0.388 e. The van der Waals surface area contributed by atoms with Gasteiger partial charge in [0.25, 0.3) is 5.89 Å². The van der Waals surface area contributed by atoms with E-state index < -0.39 is 0 Å². The minimum absolute atomic E-state index is 0.238. The maximum atomic E-state index is 8.72. The zero-order valence-electron chi connectivity index (χ0n) is 7.51. The van der Waals surface area contributed by atoms with Gasteiger partial charge in [-0.1, -0.05) is 5.16 Å². The minimum Gasteiger partial charge on any atom is -0.388 e. The van der Waals surface area contributed by atoms with Crippen LogP contribution in [-0.2, 0) is 6.61 Å². The Kier molecular flexibility index (Phi) is 2.19. The topological polar surface area (TPSA) is 84.9 Å². The summed E-state index contributed by atoms with van der Waals surface area (Å²) in [6.45, 7) is 1.59. The van der Waals surface area contributed by atoms with Gasteiger partial charge in [-0.3, -0.25) is 0 Å². The van der Waals surface area contributed by atoms with E-state index in [-0.39, 0.29) is 18.3 Å². The quantitative estimate of drug-likeness (QED) is 0.737. The molecule has 2 rings (SSSR count). The highest BCUT2D eigenvalue weighted by atomic mass is 16.5. The maximum Gasteiger partial charge on any atom is 0.278 e. The summed E-state index contributed by atoms with van der Waals surface area (Å²) in [5.41, 5.74) is 1.32. The molecule has 0 spiro atoms. The molecule has 0 aliphatic heterocycles. The van der Waals surface area contributed by atoms with E-state index in [1.54, 1.807) is 12.1 Å². The lowest BCUT2D eigenvalue weighted by molar-refractivity contribution is 0.264. The lowest BCUT2D eigenvalue weighted by atomic mass is 10.3. The Morgan fingerprint density at radius 1 is 1.36 bits per heavy atom.